The van der Waals surface area contributed by atoms with Gasteiger partial charge in [0, 0.05) is 25.3 Å². The number of rotatable bonds is 5. The molecule has 0 aromatic heterocycles. The molecule has 1 saturated carbocycles. The van der Waals surface area contributed by atoms with Crippen LogP contribution in [0.25, 0.3) is 0 Å². The van der Waals surface area contributed by atoms with E-state index in [0.717, 1.165) is 0 Å². The van der Waals surface area contributed by atoms with Crippen LogP contribution in [-0.4, -0.2) is 34.8 Å². The quantitative estimate of drug-likeness (QED) is 0.625. The zero-order valence-electron chi connectivity index (χ0n) is 13.3. The van der Waals surface area contributed by atoms with Crippen LogP contribution in [0.5, 0.6) is 5.75 Å². The van der Waals surface area contributed by atoms with Gasteiger partial charge in [-0.15, -0.1) is 0 Å². The molecular formula is C17H19NO6. The largest absolute Gasteiger partial charge is 0.480 e. The van der Waals surface area contributed by atoms with Crippen LogP contribution < -0.4 is 10.1 Å². The second kappa shape index (κ2) is 7.72. The number of ether oxygens (including phenoxy) is 1. The van der Waals surface area contributed by atoms with Gasteiger partial charge in [-0.25, -0.2) is 4.79 Å². The molecule has 0 heterocycles. The minimum Gasteiger partial charge on any atom is -0.480 e. The van der Waals surface area contributed by atoms with Crippen molar-refractivity contribution in [1.82, 2.24) is 5.32 Å². The van der Waals surface area contributed by atoms with Crippen LogP contribution in [0.4, 0.5) is 0 Å². The smallest absolute Gasteiger partial charge is 0.326 e. The van der Waals surface area contributed by atoms with Crippen molar-refractivity contribution >= 4 is 23.6 Å². The molecule has 1 aliphatic rings. The zero-order valence-corrected chi connectivity index (χ0v) is 13.3. The molecule has 128 valence electrons. The molecule has 0 spiro atoms. The van der Waals surface area contributed by atoms with Crippen LogP contribution in [0.2, 0.25) is 0 Å². The standard InChI is InChI=1S/C17H19NO6/c1-10(19)24-14-7-5-11(6-8-14)16(21)18-15(17(22)23)12-3-2-4-13(20)9-12/h5-8,12,15H,2-4,9H2,1H3,(H,18,21)(H,22,23)/t12-,15+/m0/s1. The van der Waals surface area contributed by atoms with Crippen molar-refractivity contribution in [3.8, 4) is 5.75 Å². The van der Waals surface area contributed by atoms with Crippen LogP contribution >= 0.6 is 0 Å². The minimum absolute atomic E-state index is 0.0254. The van der Waals surface area contributed by atoms with Gasteiger partial charge in [-0.05, 0) is 43.0 Å². The average Bonchev–Trinajstić information content (AvgIpc) is 2.52. The Balaban J connectivity index is 2.06. The summed E-state index contributed by atoms with van der Waals surface area (Å²) in [4.78, 5) is 46.1. The maximum atomic E-state index is 12.3. The van der Waals surface area contributed by atoms with Gasteiger partial charge >= 0.3 is 11.9 Å². The van der Waals surface area contributed by atoms with E-state index >= 15 is 0 Å². The van der Waals surface area contributed by atoms with Crippen LogP contribution in [0, 0.1) is 5.92 Å². The molecule has 1 aromatic rings. The summed E-state index contributed by atoms with van der Waals surface area (Å²) >= 11 is 0. The Kier molecular flexibility index (Phi) is 5.68. The van der Waals surface area contributed by atoms with Crippen LogP contribution in [0.3, 0.4) is 0 Å². The van der Waals surface area contributed by atoms with Gasteiger partial charge in [-0.2, -0.15) is 0 Å². The number of nitrogens with one attached hydrogen (secondary N) is 1. The monoisotopic (exact) mass is 333 g/mol. The zero-order chi connectivity index (χ0) is 17.7. The van der Waals surface area contributed by atoms with E-state index in [1.165, 1.54) is 31.2 Å². The SMILES string of the molecule is CC(=O)Oc1ccc(C(=O)N[C@@H](C(=O)O)[C@H]2CCCC(=O)C2)cc1. The van der Waals surface area contributed by atoms with Crippen LogP contribution in [0.1, 0.15) is 43.0 Å². The van der Waals surface area contributed by atoms with E-state index in [0.29, 0.717) is 25.0 Å². The summed E-state index contributed by atoms with van der Waals surface area (Å²) in [6.45, 7) is 1.27. The molecule has 1 aliphatic carbocycles. The number of hydrogen-bond acceptors (Lipinski definition) is 5. The van der Waals surface area contributed by atoms with Gasteiger partial charge in [-0.1, -0.05) is 0 Å². The number of carbonyl (C=O) groups excluding carboxylic acids is 3. The third-order valence-corrected chi connectivity index (χ3v) is 3.92. The molecule has 0 aliphatic heterocycles. The summed E-state index contributed by atoms with van der Waals surface area (Å²) < 4.78 is 4.87. The Morgan fingerprint density at radius 3 is 2.46 bits per heavy atom. The predicted octanol–water partition coefficient (Wildman–Crippen LogP) is 1.55. The molecule has 24 heavy (non-hydrogen) atoms. The van der Waals surface area contributed by atoms with E-state index in [1.54, 1.807) is 0 Å². The molecule has 0 radical (unpaired) electrons. The van der Waals surface area contributed by atoms with Crippen LogP contribution in [-0.2, 0) is 14.4 Å². The first-order valence-corrected chi connectivity index (χ1v) is 7.70. The Bertz CT molecular complexity index is 652. The van der Waals surface area contributed by atoms with E-state index < -0.39 is 29.8 Å². The van der Waals surface area contributed by atoms with E-state index in [-0.39, 0.29) is 17.8 Å². The molecule has 2 N–H and O–H groups in total. The lowest BCUT2D eigenvalue weighted by Crippen LogP contribution is -2.47. The van der Waals surface area contributed by atoms with E-state index in [1.807, 2.05) is 0 Å². The van der Waals surface area contributed by atoms with Crippen molar-refractivity contribution < 1.29 is 29.0 Å². The summed E-state index contributed by atoms with van der Waals surface area (Å²) in [5.74, 6) is -2.24. The Hall–Kier alpha value is -2.70. The number of hydrogen-bond donors (Lipinski definition) is 2. The van der Waals surface area contributed by atoms with Crippen molar-refractivity contribution in [3.63, 3.8) is 0 Å². The molecular weight excluding hydrogens is 314 g/mol. The number of amides is 1. The fraction of sp³-hybridized carbons (Fsp3) is 0.412. The number of carbonyl (C=O) groups is 4. The van der Waals surface area contributed by atoms with Crippen molar-refractivity contribution in [2.24, 2.45) is 5.92 Å². The molecule has 2 rings (SSSR count). The number of aliphatic carboxylic acids is 1. The number of ketones is 1. The number of Topliss-reactive ketones (excluding diaryl/α,β-unsaturated/α-hetero) is 1. The molecule has 7 heteroatoms. The molecule has 1 aromatic carbocycles. The van der Waals surface area contributed by atoms with Gasteiger partial charge in [0.05, 0.1) is 0 Å². The van der Waals surface area contributed by atoms with Crippen LogP contribution in [0.15, 0.2) is 24.3 Å². The van der Waals surface area contributed by atoms with Gasteiger partial charge in [0.1, 0.15) is 17.6 Å². The second-order valence-electron chi connectivity index (χ2n) is 5.80. The van der Waals surface area contributed by atoms with E-state index in [2.05, 4.69) is 5.32 Å². The number of carboxylic acid groups (broad SMARTS) is 1. The lowest BCUT2D eigenvalue weighted by molar-refractivity contribution is -0.141. The summed E-state index contributed by atoms with van der Waals surface area (Å²) in [6, 6.07) is 4.69. The third kappa shape index (κ3) is 4.65. The Labute approximate surface area is 139 Å². The molecule has 2 atom stereocenters. The van der Waals surface area contributed by atoms with Crippen molar-refractivity contribution in [1.29, 1.82) is 0 Å². The summed E-state index contributed by atoms with van der Waals surface area (Å²) in [6.07, 6.45) is 1.87. The maximum absolute atomic E-state index is 12.3. The number of carboxylic acids is 1. The Morgan fingerprint density at radius 2 is 1.92 bits per heavy atom. The fourth-order valence-corrected chi connectivity index (χ4v) is 2.79. The van der Waals surface area contributed by atoms with Gasteiger partial charge in [0.25, 0.3) is 5.91 Å². The second-order valence-corrected chi connectivity index (χ2v) is 5.80. The van der Waals surface area contributed by atoms with Gasteiger partial charge in [0.15, 0.2) is 0 Å². The third-order valence-electron chi connectivity index (χ3n) is 3.92. The highest BCUT2D eigenvalue weighted by atomic mass is 16.5. The fourth-order valence-electron chi connectivity index (χ4n) is 2.79. The van der Waals surface area contributed by atoms with Gasteiger partial charge in [0.2, 0.25) is 0 Å². The predicted molar refractivity (Wildman–Crippen MR) is 83.6 cm³/mol. The molecule has 0 saturated heterocycles. The number of benzene rings is 1. The topological polar surface area (TPSA) is 110 Å². The molecule has 1 amide bonds. The van der Waals surface area contributed by atoms with E-state index in [9.17, 15) is 24.3 Å². The lowest BCUT2D eigenvalue weighted by atomic mass is 9.83. The average molecular weight is 333 g/mol. The maximum Gasteiger partial charge on any atom is 0.326 e. The first-order valence-electron chi connectivity index (χ1n) is 7.70. The molecule has 7 nitrogen and oxygen atoms in total. The van der Waals surface area contributed by atoms with Gasteiger partial charge < -0.3 is 15.2 Å². The molecule has 1 fully saturated rings. The summed E-state index contributed by atoms with van der Waals surface area (Å²) in [5, 5.41) is 11.9. The van der Waals surface area contributed by atoms with Crippen molar-refractivity contribution in [2.45, 2.75) is 38.6 Å². The van der Waals surface area contributed by atoms with E-state index in [4.69, 9.17) is 4.74 Å². The number of esters is 1. The first kappa shape index (κ1) is 17.7. The highest BCUT2D eigenvalue weighted by Gasteiger charge is 2.33. The highest BCUT2D eigenvalue weighted by Crippen LogP contribution is 2.25. The molecule has 0 unspecified atom stereocenters. The normalized spacial score (nSPS) is 18.5. The van der Waals surface area contributed by atoms with Gasteiger partial charge in [-0.3, -0.25) is 14.4 Å². The van der Waals surface area contributed by atoms with Crippen molar-refractivity contribution in [2.75, 3.05) is 0 Å². The summed E-state index contributed by atoms with van der Waals surface area (Å²) in [7, 11) is 0. The first-order chi connectivity index (χ1) is 11.4. The minimum atomic E-state index is -1.15. The van der Waals surface area contributed by atoms with Crippen molar-refractivity contribution in [3.05, 3.63) is 29.8 Å². The lowest BCUT2D eigenvalue weighted by Gasteiger charge is -2.27. The summed E-state index contributed by atoms with van der Waals surface area (Å²) in [5.41, 5.74) is 0.249. The molecule has 0 bridgehead atoms. The Morgan fingerprint density at radius 1 is 1.25 bits per heavy atom. The highest BCUT2D eigenvalue weighted by molar-refractivity contribution is 5.97.